The molecule has 1 fully saturated rings. The van der Waals surface area contributed by atoms with E-state index in [0.717, 1.165) is 17.2 Å². The number of anilines is 1. The number of nitrogens with zero attached hydrogens (tertiary/aromatic N) is 2. The van der Waals surface area contributed by atoms with Gasteiger partial charge in [0.1, 0.15) is 18.1 Å². The summed E-state index contributed by atoms with van der Waals surface area (Å²) in [6.45, 7) is 1.30. The second-order valence-corrected chi connectivity index (χ2v) is 5.16. The minimum Gasteiger partial charge on any atom is -0.497 e. The van der Waals surface area contributed by atoms with Gasteiger partial charge in [-0.3, -0.25) is 4.79 Å². The van der Waals surface area contributed by atoms with E-state index in [0.29, 0.717) is 18.3 Å². The number of methoxy groups -OCH3 is 1. The number of rotatable bonds is 3. The first kappa shape index (κ1) is 13.0. The molecule has 7 heteroatoms. The minimum absolute atomic E-state index is 0.0986. The minimum atomic E-state index is -0.390. The highest BCUT2D eigenvalue weighted by Crippen LogP contribution is 2.39. The molecular formula is C13H15N3O3S. The Morgan fingerprint density at radius 1 is 1.60 bits per heavy atom. The fourth-order valence-corrected chi connectivity index (χ4v) is 2.98. The van der Waals surface area contributed by atoms with Gasteiger partial charge in [-0.05, 0) is 24.4 Å². The summed E-state index contributed by atoms with van der Waals surface area (Å²) >= 11 is 5.46. The summed E-state index contributed by atoms with van der Waals surface area (Å²) in [7, 11) is 1.62. The first-order valence-electron chi connectivity index (χ1n) is 6.27. The van der Waals surface area contributed by atoms with Crippen LogP contribution in [0.3, 0.4) is 0 Å². The third-order valence-electron chi connectivity index (χ3n) is 3.48. The van der Waals surface area contributed by atoms with Crippen LogP contribution in [0.4, 0.5) is 5.69 Å². The maximum absolute atomic E-state index is 11.1. The number of benzene rings is 1. The van der Waals surface area contributed by atoms with E-state index in [4.69, 9.17) is 27.4 Å². The van der Waals surface area contributed by atoms with Gasteiger partial charge in [-0.1, -0.05) is 0 Å². The number of primary amides is 1. The maximum atomic E-state index is 11.1. The van der Waals surface area contributed by atoms with Crippen LogP contribution in [0.2, 0.25) is 0 Å². The standard InChI is InChI=1S/C13H15N3O3S/c1-18-9-2-3-11-10(4-9)16-8(7-19-11)5-15(13(16)20)6-12(14)17/h2-4,8H,5-7H2,1H3,(H2,14,17). The summed E-state index contributed by atoms with van der Waals surface area (Å²) < 4.78 is 11.0. The first-order valence-corrected chi connectivity index (χ1v) is 6.68. The molecule has 20 heavy (non-hydrogen) atoms. The Labute approximate surface area is 122 Å². The van der Waals surface area contributed by atoms with Crippen LogP contribution < -0.4 is 20.1 Å². The number of hydrogen-bond donors (Lipinski definition) is 1. The van der Waals surface area contributed by atoms with Gasteiger partial charge in [-0.25, -0.2) is 0 Å². The molecular weight excluding hydrogens is 278 g/mol. The fourth-order valence-electron chi connectivity index (χ4n) is 2.59. The van der Waals surface area contributed by atoms with Gasteiger partial charge >= 0.3 is 0 Å². The third-order valence-corrected chi connectivity index (χ3v) is 3.93. The molecule has 0 radical (unpaired) electrons. The van der Waals surface area contributed by atoms with E-state index in [1.165, 1.54) is 0 Å². The second-order valence-electron chi connectivity index (χ2n) is 4.80. The Morgan fingerprint density at radius 2 is 2.40 bits per heavy atom. The maximum Gasteiger partial charge on any atom is 0.237 e. The van der Waals surface area contributed by atoms with Gasteiger partial charge in [0.15, 0.2) is 5.11 Å². The first-order chi connectivity index (χ1) is 9.60. The summed E-state index contributed by atoms with van der Waals surface area (Å²) in [4.78, 5) is 14.9. The van der Waals surface area contributed by atoms with Crippen molar-refractivity contribution in [3.05, 3.63) is 18.2 Å². The van der Waals surface area contributed by atoms with Crippen LogP contribution in [-0.2, 0) is 4.79 Å². The van der Waals surface area contributed by atoms with Gasteiger partial charge < -0.3 is 25.0 Å². The highest BCUT2D eigenvalue weighted by Gasteiger charge is 2.40. The number of fused-ring (bicyclic) bond motifs is 3. The summed E-state index contributed by atoms with van der Waals surface area (Å²) in [6, 6.07) is 5.70. The number of hydrogen-bond acceptors (Lipinski definition) is 4. The lowest BCUT2D eigenvalue weighted by Crippen LogP contribution is -2.41. The molecule has 1 unspecified atom stereocenters. The molecule has 3 rings (SSSR count). The molecule has 0 spiro atoms. The highest BCUT2D eigenvalue weighted by molar-refractivity contribution is 7.80. The summed E-state index contributed by atoms with van der Waals surface area (Å²) in [5.41, 5.74) is 6.13. The largest absolute Gasteiger partial charge is 0.497 e. The van der Waals surface area contributed by atoms with Crippen LogP contribution in [0.15, 0.2) is 18.2 Å². The van der Waals surface area contributed by atoms with Crippen molar-refractivity contribution in [2.75, 3.05) is 31.7 Å². The molecule has 1 saturated heterocycles. The van der Waals surface area contributed by atoms with Gasteiger partial charge in [-0.15, -0.1) is 0 Å². The SMILES string of the molecule is COc1ccc2c(c1)N1C(=S)N(CC(N)=O)CC1CO2. The molecule has 1 atom stereocenters. The number of ether oxygens (including phenoxy) is 2. The van der Waals surface area contributed by atoms with Crippen molar-refractivity contribution in [2.45, 2.75) is 6.04 Å². The molecule has 0 bridgehead atoms. The number of carbonyl (C=O) groups excluding carboxylic acids is 1. The van der Waals surface area contributed by atoms with Crippen LogP contribution >= 0.6 is 12.2 Å². The summed E-state index contributed by atoms with van der Waals surface area (Å²) in [5, 5.41) is 0.603. The number of thiocarbonyl (C=S) groups is 1. The molecule has 0 saturated carbocycles. The fraction of sp³-hybridized carbons (Fsp3) is 0.385. The van der Waals surface area contributed by atoms with Gasteiger partial charge in [-0.2, -0.15) is 0 Å². The Hall–Kier alpha value is -2.02. The Balaban J connectivity index is 1.94. The molecule has 2 aliphatic heterocycles. The molecule has 0 aliphatic carbocycles. The lowest BCUT2D eigenvalue weighted by atomic mass is 10.2. The Kier molecular flexibility index (Phi) is 3.13. The predicted octanol–water partition coefficient (Wildman–Crippen LogP) is 0.348. The number of amides is 1. The lowest BCUT2D eigenvalue weighted by molar-refractivity contribution is -0.118. The molecule has 0 aromatic heterocycles. The topological polar surface area (TPSA) is 68.0 Å². The quantitative estimate of drug-likeness (QED) is 0.811. The molecule has 1 aromatic rings. The van der Waals surface area contributed by atoms with Crippen LogP contribution in [0.5, 0.6) is 11.5 Å². The zero-order chi connectivity index (χ0) is 14.3. The normalized spacial score (nSPS) is 20.2. The van der Waals surface area contributed by atoms with Crippen molar-refractivity contribution in [1.29, 1.82) is 0 Å². The van der Waals surface area contributed by atoms with Crippen molar-refractivity contribution in [3.63, 3.8) is 0 Å². The third kappa shape index (κ3) is 2.03. The number of carbonyl (C=O) groups is 1. The second kappa shape index (κ2) is 4.82. The van der Waals surface area contributed by atoms with Crippen LogP contribution in [0, 0.1) is 0 Å². The Morgan fingerprint density at radius 3 is 3.10 bits per heavy atom. The van der Waals surface area contributed by atoms with Crippen molar-refractivity contribution < 1.29 is 14.3 Å². The predicted molar refractivity (Wildman–Crippen MR) is 78.1 cm³/mol. The van der Waals surface area contributed by atoms with Crippen molar-refractivity contribution in [3.8, 4) is 11.5 Å². The van der Waals surface area contributed by atoms with E-state index < -0.39 is 0 Å². The lowest BCUT2D eigenvalue weighted by Gasteiger charge is -2.32. The molecule has 1 aromatic carbocycles. The molecule has 2 N–H and O–H groups in total. The van der Waals surface area contributed by atoms with Gasteiger partial charge in [0.25, 0.3) is 0 Å². The van der Waals surface area contributed by atoms with Crippen LogP contribution in [0.25, 0.3) is 0 Å². The summed E-state index contributed by atoms with van der Waals surface area (Å²) in [6.07, 6.45) is 0. The zero-order valence-electron chi connectivity index (χ0n) is 11.0. The van der Waals surface area contributed by atoms with E-state index in [-0.39, 0.29) is 18.5 Å². The monoisotopic (exact) mass is 293 g/mol. The van der Waals surface area contributed by atoms with E-state index in [2.05, 4.69) is 0 Å². The van der Waals surface area contributed by atoms with E-state index >= 15 is 0 Å². The number of nitrogens with two attached hydrogens (primary N) is 1. The molecule has 2 heterocycles. The van der Waals surface area contributed by atoms with Crippen LogP contribution in [0.1, 0.15) is 0 Å². The van der Waals surface area contributed by atoms with E-state index in [9.17, 15) is 4.79 Å². The van der Waals surface area contributed by atoms with E-state index in [1.807, 2.05) is 23.1 Å². The van der Waals surface area contributed by atoms with E-state index in [1.54, 1.807) is 12.0 Å². The van der Waals surface area contributed by atoms with Crippen molar-refractivity contribution in [2.24, 2.45) is 5.73 Å². The zero-order valence-corrected chi connectivity index (χ0v) is 11.9. The van der Waals surface area contributed by atoms with Crippen LogP contribution in [-0.4, -0.2) is 48.8 Å². The summed E-state index contributed by atoms with van der Waals surface area (Å²) in [5.74, 6) is 1.12. The molecule has 106 valence electrons. The molecule has 1 amide bonds. The highest BCUT2D eigenvalue weighted by atomic mass is 32.1. The average molecular weight is 293 g/mol. The smallest absolute Gasteiger partial charge is 0.237 e. The van der Waals surface area contributed by atoms with Gasteiger partial charge in [0.2, 0.25) is 5.91 Å². The average Bonchev–Trinajstić information content (AvgIpc) is 2.74. The van der Waals surface area contributed by atoms with Crippen molar-refractivity contribution >= 4 is 28.9 Å². The molecule has 2 aliphatic rings. The van der Waals surface area contributed by atoms with Crippen molar-refractivity contribution in [1.82, 2.24) is 4.90 Å². The molecule has 6 nitrogen and oxygen atoms in total. The Bertz CT molecular complexity index is 578. The van der Waals surface area contributed by atoms with Gasteiger partial charge in [0.05, 0.1) is 25.4 Å². The van der Waals surface area contributed by atoms with Gasteiger partial charge in [0, 0.05) is 12.6 Å².